The number of rotatable bonds is 8. The molecule has 0 spiro atoms. The van der Waals surface area contributed by atoms with Crippen molar-refractivity contribution in [3.05, 3.63) is 104 Å². The third kappa shape index (κ3) is 7.47. The van der Waals surface area contributed by atoms with E-state index < -0.39 is 30.1 Å². The minimum atomic E-state index is -1.15. The van der Waals surface area contributed by atoms with Crippen LogP contribution < -0.4 is 21.3 Å². The maximum Gasteiger partial charge on any atom is 0.322 e. The number of hydrogen-bond donors (Lipinski definition) is 8. The van der Waals surface area contributed by atoms with Crippen LogP contribution in [0.5, 0.6) is 0 Å². The molecule has 0 radical (unpaired) electrons. The van der Waals surface area contributed by atoms with Crippen LogP contribution in [-0.4, -0.2) is 69.5 Å². The molecule has 4 amide bonds. The average Bonchev–Trinajstić information content (AvgIpc) is 3.74. The molecule has 2 aliphatic heterocycles. The molecule has 0 atom stereocenters. The highest BCUT2D eigenvalue weighted by molar-refractivity contribution is 6.35. The predicted molar refractivity (Wildman–Crippen MR) is 186 cm³/mol. The number of aromatic nitrogens is 2. The Kier molecular flexibility index (Phi) is 10.3. The van der Waals surface area contributed by atoms with Gasteiger partial charge in [0, 0.05) is 51.8 Å². The number of aliphatic carboxylic acids is 1. The van der Waals surface area contributed by atoms with Gasteiger partial charge in [0.1, 0.15) is 18.2 Å². The summed E-state index contributed by atoms with van der Waals surface area (Å²) in [5, 5.41) is 27.8. The van der Waals surface area contributed by atoms with Gasteiger partial charge < -0.3 is 41.4 Å². The molecule has 4 heterocycles. The Balaban J connectivity index is 0.000000198. The molecule has 0 aliphatic carbocycles. The third-order valence-electron chi connectivity index (χ3n) is 8.31. The number of anilines is 2. The number of carboxylic acid groups (broad SMARTS) is 1. The molecular weight excluding hydrogens is 666 g/mol. The summed E-state index contributed by atoms with van der Waals surface area (Å²) in [5.41, 5.74) is 6.96. The van der Waals surface area contributed by atoms with Gasteiger partial charge in [-0.1, -0.05) is 0 Å². The molecule has 6 rings (SSSR count). The third-order valence-corrected chi connectivity index (χ3v) is 8.31. The lowest BCUT2D eigenvalue weighted by atomic mass is 10.0. The van der Waals surface area contributed by atoms with Gasteiger partial charge in [0.15, 0.2) is 0 Å². The second kappa shape index (κ2) is 14.6. The van der Waals surface area contributed by atoms with E-state index in [2.05, 4.69) is 31.2 Å². The van der Waals surface area contributed by atoms with Gasteiger partial charge in [0.25, 0.3) is 23.6 Å². The second-order valence-electron chi connectivity index (χ2n) is 11.8. The topological polar surface area (TPSA) is 206 Å². The Bertz CT molecular complexity index is 2180. The van der Waals surface area contributed by atoms with Crippen LogP contribution in [0.4, 0.5) is 20.2 Å². The molecule has 0 unspecified atom stereocenters. The fraction of sp³-hybridized carbons (Fsp3) is 0.194. The number of carbonyl (C=O) groups is 5. The SMILES string of the molecule is Cc1[nH]c(/C=C2\C(=O)Nc3ccc(F)cc32)c(C)c1C(=O)NCC(=O)O.Cc1[nH]c(/C=C2\C(=O)Nc3ccc(F)cc32)c(C)c1C(=O)NCCO. The molecule has 0 fully saturated rings. The molecule has 8 N–H and O–H groups in total. The number of aliphatic hydroxyl groups is 1. The van der Waals surface area contributed by atoms with Crippen molar-refractivity contribution in [3.8, 4) is 0 Å². The van der Waals surface area contributed by atoms with Crippen molar-refractivity contribution >= 4 is 64.3 Å². The quantitative estimate of drug-likeness (QED) is 0.126. The van der Waals surface area contributed by atoms with E-state index >= 15 is 0 Å². The van der Waals surface area contributed by atoms with Gasteiger partial charge in [0.05, 0.1) is 28.9 Å². The molecule has 2 aromatic carbocycles. The molecule has 51 heavy (non-hydrogen) atoms. The molecular formula is C36H34F2N6O7. The Morgan fingerprint density at radius 2 is 1.16 bits per heavy atom. The number of aryl methyl sites for hydroxylation is 2. The van der Waals surface area contributed by atoms with Crippen LogP contribution in [0.15, 0.2) is 36.4 Å². The normalized spacial score (nSPS) is 14.4. The van der Waals surface area contributed by atoms with Crippen molar-refractivity contribution in [2.24, 2.45) is 0 Å². The number of halogens is 2. The number of fused-ring (bicyclic) bond motifs is 2. The predicted octanol–water partition coefficient (Wildman–Crippen LogP) is 4.06. The molecule has 2 aliphatic rings. The summed E-state index contributed by atoms with van der Waals surface area (Å²) in [6, 6.07) is 8.13. The van der Waals surface area contributed by atoms with Crippen LogP contribution >= 0.6 is 0 Å². The lowest BCUT2D eigenvalue weighted by molar-refractivity contribution is -0.135. The van der Waals surface area contributed by atoms with Crippen molar-refractivity contribution in [1.82, 2.24) is 20.6 Å². The van der Waals surface area contributed by atoms with E-state index in [4.69, 9.17) is 10.2 Å². The van der Waals surface area contributed by atoms with E-state index in [-0.39, 0.29) is 36.4 Å². The minimum Gasteiger partial charge on any atom is -0.480 e. The van der Waals surface area contributed by atoms with Crippen LogP contribution in [0, 0.1) is 39.3 Å². The van der Waals surface area contributed by atoms with E-state index in [0.29, 0.717) is 73.1 Å². The van der Waals surface area contributed by atoms with E-state index in [9.17, 15) is 32.8 Å². The maximum atomic E-state index is 13.5. The van der Waals surface area contributed by atoms with Crippen LogP contribution in [-0.2, 0) is 14.4 Å². The van der Waals surface area contributed by atoms with Gasteiger partial charge in [-0.3, -0.25) is 24.0 Å². The zero-order valence-electron chi connectivity index (χ0n) is 27.9. The fourth-order valence-electron chi connectivity index (χ4n) is 5.92. The monoisotopic (exact) mass is 700 g/mol. The Morgan fingerprint density at radius 3 is 1.57 bits per heavy atom. The Morgan fingerprint density at radius 1 is 0.725 bits per heavy atom. The smallest absolute Gasteiger partial charge is 0.322 e. The van der Waals surface area contributed by atoms with Crippen molar-refractivity contribution in [1.29, 1.82) is 0 Å². The van der Waals surface area contributed by atoms with Crippen LogP contribution in [0.2, 0.25) is 0 Å². The Hall–Kier alpha value is -6.35. The average molecular weight is 701 g/mol. The first kappa shape index (κ1) is 35.9. The van der Waals surface area contributed by atoms with Gasteiger partial charge in [-0.15, -0.1) is 0 Å². The largest absolute Gasteiger partial charge is 0.480 e. The number of amides is 4. The summed E-state index contributed by atoms with van der Waals surface area (Å²) in [7, 11) is 0. The summed E-state index contributed by atoms with van der Waals surface area (Å²) in [5.74, 6) is -3.54. The molecule has 0 saturated heterocycles. The van der Waals surface area contributed by atoms with Gasteiger partial charge >= 0.3 is 5.97 Å². The first-order chi connectivity index (χ1) is 24.2. The summed E-state index contributed by atoms with van der Waals surface area (Å²) in [4.78, 5) is 65.5. The molecule has 2 aromatic heterocycles. The van der Waals surface area contributed by atoms with Crippen molar-refractivity contribution < 1.29 is 43.0 Å². The zero-order chi connectivity index (χ0) is 37.1. The maximum absolute atomic E-state index is 13.5. The zero-order valence-corrected chi connectivity index (χ0v) is 27.9. The number of aromatic amines is 2. The second-order valence-corrected chi connectivity index (χ2v) is 11.8. The number of hydrogen-bond acceptors (Lipinski definition) is 6. The number of nitrogens with one attached hydrogen (secondary N) is 6. The van der Waals surface area contributed by atoms with Crippen molar-refractivity contribution in [2.75, 3.05) is 30.3 Å². The number of benzene rings is 2. The summed E-state index contributed by atoms with van der Waals surface area (Å²) >= 11 is 0. The van der Waals surface area contributed by atoms with Gasteiger partial charge in [-0.2, -0.15) is 0 Å². The van der Waals surface area contributed by atoms with Crippen LogP contribution in [0.1, 0.15) is 65.7 Å². The molecule has 4 aromatic rings. The van der Waals surface area contributed by atoms with Crippen LogP contribution in [0.3, 0.4) is 0 Å². The summed E-state index contributed by atoms with van der Waals surface area (Å²) < 4.78 is 27.1. The van der Waals surface area contributed by atoms with E-state index in [1.54, 1.807) is 39.8 Å². The number of H-pyrrole nitrogens is 2. The first-order valence-corrected chi connectivity index (χ1v) is 15.6. The highest BCUT2D eigenvalue weighted by atomic mass is 19.1. The number of carboxylic acids is 1. The standard InChI is InChI=1S/C18H16FN3O4.C18H18FN3O3/c1-8-14(21-9(2)16(8)18(26)20-7-15(23)24)6-12-11-5-10(19)3-4-13(11)22-17(12)25;1-9-15(21-10(2)16(9)18(25)20-5-6-23)8-13-12-7-11(19)3-4-14(12)22-17(13)24/h3-6,21H,7H2,1-2H3,(H,20,26)(H,22,25)(H,23,24);3-4,7-8,21,23H,5-6H2,1-2H3,(H,20,25)(H,22,24)/b12-6-;13-8-. The first-order valence-electron chi connectivity index (χ1n) is 15.6. The van der Waals surface area contributed by atoms with Gasteiger partial charge in [-0.05, 0) is 87.4 Å². The van der Waals surface area contributed by atoms with Gasteiger partial charge in [0.2, 0.25) is 0 Å². The minimum absolute atomic E-state index is 0.145. The molecule has 13 nitrogen and oxygen atoms in total. The highest BCUT2D eigenvalue weighted by Gasteiger charge is 2.27. The van der Waals surface area contributed by atoms with Crippen LogP contribution in [0.25, 0.3) is 23.3 Å². The lowest BCUT2D eigenvalue weighted by Crippen LogP contribution is -2.29. The molecule has 15 heteroatoms. The molecule has 0 saturated carbocycles. The van der Waals surface area contributed by atoms with E-state index in [1.807, 2.05) is 0 Å². The lowest BCUT2D eigenvalue weighted by Gasteiger charge is -2.04. The molecule has 0 bridgehead atoms. The number of carbonyl (C=O) groups excluding carboxylic acids is 4. The summed E-state index contributed by atoms with van der Waals surface area (Å²) in [6.45, 7) is 6.41. The highest BCUT2D eigenvalue weighted by Crippen LogP contribution is 2.36. The van der Waals surface area contributed by atoms with E-state index in [0.717, 1.165) is 0 Å². The summed E-state index contributed by atoms with van der Waals surface area (Å²) in [6.07, 6.45) is 3.17. The fourth-order valence-corrected chi connectivity index (χ4v) is 5.92. The molecule has 264 valence electrons. The number of aliphatic hydroxyl groups excluding tert-OH is 1. The Labute approximate surface area is 289 Å². The van der Waals surface area contributed by atoms with E-state index in [1.165, 1.54) is 36.4 Å². The van der Waals surface area contributed by atoms with Crippen molar-refractivity contribution in [3.63, 3.8) is 0 Å². The van der Waals surface area contributed by atoms with Gasteiger partial charge in [-0.25, -0.2) is 8.78 Å². The van der Waals surface area contributed by atoms with Crippen molar-refractivity contribution in [2.45, 2.75) is 27.7 Å².